The largest absolute Gasteiger partial charge is 0.494 e. The third kappa shape index (κ3) is 3.94. The summed E-state index contributed by atoms with van der Waals surface area (Å²) in [4.78, 5) is 13.1. The highest BCUT2D eigenvalue weighted by Crippen LogP contribution is 2.21. The second-order valence-corrected chi connectivity index (χ2v) is 9.54. The predicted molar refractivity (Wildman–Crippen MR) is 111 cm³/mol. The number of carbonyl (C=O) groups excluding carboxylic acids is 1. The van der Waals surface area contributed by atoms with Gasteiger partial charge in [0.2, 0.25) is 0 Å². The van der Waals surface area contributed by atoms with Gasteiger partial charge in [0, 0.05) is 11.1 Å². The second kappa shape index (κ2) is 8.15. The number of ketones is 1. The molecule has 0 aliphatic heterocycles. The molecule has 0 heterocycles. The van der Waals surface area contributed by atoms with E-state index in [2.05, 4.69) is 25.2 Å². The van der Waals surface area contributed by atoms with Gasteiger partial charge in [0.25, 0.3) is 0 Å². The number of hydrogen-bond donors (Lipinski definition) is 0. The number of ether oxygens (including phenoxy) is 1. The van der Waals surface area contributed by atoms with Gasteiger partial charge in [0.15, 0.2) is 5.78 Å². The van der Waals surface area contributed by atoms with Crippen LogP contribution >= 0.6 is 0 Å². The van der Waals surface area contributed by atoms with Gasteiger partial charge in [-0.15, -0.1) is 0 Å². The molecule has 0 atom stereocenters. The van der Waals surface area contributed by atoms with Crippen molar-refractivity contribution in [1.82, 2.24) is 0 Å². The lowest BCUT2D eigenvalue weighted by Gasteiger charge is -2.14. The third-order valence-corrected chi connectivity index (χ3v) is 6.18. The van der Waals surface area contributed by atoms with E-state index in [9.17, 15) is 4.79 Å². The molecule has 3 heteroatoms. The second-order valence-electron chi connectivity index (χ2n) is 6.61. The van der Waals surface area contributed by atoms with Crippen molar-refractivity contribution in [2.75, 3.05) is 6.61 Å². The first-order valence-corrected chi connectivity index (χ1v) is 12.0. The van der Waals surface area contributed by atoms with Gasteiger partial charge in [-0.25, -0.2) is 0 Å². The third-order valence-electron chi connectivity index (χ3n) is 4.45. The fourth-order valence-electron chi connectivity index (χ4n) is 3.08. The van der Waals surface area contributed by atoms with Crippen LogP contribution in [0.25, 0.3) is 11.1 Å². The van der Waals surface area contributed by atoms with Crippen LogP contribution in [-0.4, -0.2) is 21.2 Å². The molecule has 0 unspecified atom stereocenters. The number of benzene rings is 3. The van der Waals surface area contributed by atoms with E-state index in [1.165, 1.54) is 0 Å². The highest BCUT2D eigenvalue weighted by atomic mass is 28.3. The fourth-order valence-corrected chi connectivity index (χ4v) is 4.43. The summed E-state index contributed by atoms with van der Waals surface area (Å²) in [6.07, 6.45) is 0. The predicted octanol–water partition coefficient (Wildman–Crippen LogP) is 4.68. The van der Waals surface area contributed by atoms with E-state index in [0.717, 1.165) is 33.2 Å². The van der Waals surface area contributed by atoms with Crippen molar-refractivity contribution in [1.29, 1.82) is 0 Å². The smallest absolute Gasteiger partial charge is 0.192 e. The molecule has 3 aromatic carbocycles. The van der Waals surface area contributed by atoms with Crippen molar-refractivity contribution in [2.24, 2.45) is 0 Å². The molecule has 132 valence electrons. The van der Waals surface area contributed by atoms with E-state index in [0.29, 0.717) is 6.61 Å². The van der Waals surface area contributed by atoms with Gasteiger partial charge in [-0.3, -0.25) is 4.79 Å². The van der Waals surface area contributed by atoms with Gasteiger partial charge in [-0.1, -0.05) is 67.7 Å². The van der Waals surface area contributed by atoms with E-state index in [1.54, 1.807) is 0 Å². The molecule has 26 heavy (non-hydrogen) atoms. The van der Waals surface area contributed by atoms with Crippen molar-refractivity contribution in [3.63, 3.8) is 0 Å². The van der Waals surface area contributed by atoms with Gasteiger partial charge in [-0.2, -0.15) is 0 Å². The lowest BCUT2D eigenvalue weighted by molar-refractivity contribution is 0.103. The maximum Gasteiger partial charge on any atom is 0.192 e. The molecule has 0 aliphatic rings. The molecule has 2 nitrogen and oxygen atoms in total. The molecular formula is C23H24O2Si. The molecule has 0 amide bonds. The molecule has 0 spiro atoms. The minimum Gasteiger partial charge on any atom is -0.494 e. The molecule has 0 saturated carbocycles. The maximum absolute atomic E-state index is 13.1. The highest BCUT2D eigenvalue weighted by molar-refractivity contribution is 6.72. The normalized spacial score (nSPS) is 10.8. The number of rotatable bonds is 6. The van der Waals surface area contributed by atoms with E-state index in [-0.39, 0.29) is 5.78 Å². The molecule has 0 aliphatic carbocycles. The van der Waals surface area contributed by atoms with Crippen molar-refractivity contribution in [3.05, 3.63) is 83.9 Å². The quantitative estimate of drug-likeness (QED) is 0.471. The fraction of sp³-hybridized carbons (Fsp3) is 0.174. The van der Waals surface area contributed by atoms with Crippen molar-refractivity contribution in [3.8, 4) is 16.9 Å². The van der Waals surface area contributed by atoms with Crippen LogP contribution < -0.4 is 9.92 Å². The summed E-state index contributed by atoms with van der Waals surface area (Å²) in [6.45, 7) is 7.08. The zero-order valence-corrected chi connectivity index (χ0v) is 16.7. The Morgan fingerprint density at radius 1 is 0.885 bits per heavy atom. The number of carbonyl (C=O) groups is 1. The Hall–Kier alpha value is -2.65. The summed E-state index contributed by atoms with van der Waals surface area (Å²) >= 11 is 0. The van der Waals surface area contributed by atoms with E-state index in [1.807, 2.05) is 67.6 Å². The lowest BCUT2D eigenvalue weighted by atomic mass is 9.99. The minimum absolute atomic E-state index is 0.0869. The first-order valence-electron chi connectivity index (χ1n) is 9.07. The first kappa shape index (κ1) is 18.1. The Bertz CT molecular complexity index is 884. The van der Waals surface area contributed by atoms with Crippen molar-refractivity contribution in [2.45, 2.75) is 20.0 Å². The molecule has 3 aromatic rings. The summed E-state index contributed by atoms with van der Waals surface area (Å²) < 4.78 is 5.61. The SMILES string of the molecule is CCOc1ccc(C(=O)c2ccc(-c3ccccc3)cc2)c([SiH](C)C)c1. The van der Waals surface area contributed by atoms with Gasteiger partial charge in [0.1, 0.15) is 5.75 Å². The van der Waals surface area contributed by atoms with Crippen LogP contribution in [0.15, 0.2) is 72.8 Å². The molecular weight excluding hydrogens is 336 g/mol. The van der Waals surface area contributed by atoms with Crippen LogP contribution in [0, 0.1) is 0 Å². The van der Waals surface area contributed by atoms with Crippen LogP contribution in [0.4, 0.5) is 0 Å². The number of hydrogen-bond acceptors (Lipinski definition) is 2. The molecule has 0 N–H and O–H groups in total. The first-order chi connectivity index (χ1) is 12.6. The highest BCUT2D eigenvalue weighted by Gasteiger charge is 2.17. The molecule has 0 radical (unpaired) electrons. The summed E-state index contributed by atoms with van der Waals surface area (Å²) in [5.41, 5.74) is 3.81. The zero-order chi connectivity index (χ0) is 18.5. The summed E-state index contributed by atoms with van der Waals surface area (Å²) in [6, 6.07) is 23.9. The Kier molecular flexibility index (Phi) is 5.69. The zero-order valence-electron chi connectivity index (χ0n) is 15.5. The van der Waals surface area contributed by atoms with Gasteiger partial charge in [0.05, 0.1) is 15.4 Å². The molecule has 0 aromatic heterocycles. The monoisotopic (exact) mass is 360 g/mol. The van der Waals surface area contributed by atoms with Gasteiger partial charge in [-0.05, 0) is 41.4 Å². The summed E-state index contributed by atoms with van der Waals surface area (Å²) in [5, 5.41) is 1.16. The van der Waals surface area contributed by atoms with E-state index in [4.69, 9.17) is 4.74 Å². The van der Waals surface area contributed by atoms with Crippen molar-refractivity contribution >= 4 is 19.8 Å². The Labute approximate surface area is 157 Å². The topological polar surface area (TPSA) is 26.3 Å². The van der Waals surface area contributed by atoms with E-state index >= 15 is 0 Å². The molecule has 0 fully saturated rings. The molecule has 3 rings (SSSR count). The van der Waals surface area contributed by atoms with Crippen LogP contribution in [0.3, 0.4) is 0 Å². The van der Waals surface area contributed by atoms with Crippen LogP contribution in [0.5, 0.6) is 5.75 Å². The van der Waals surface area contributed by atoms with Crippen molar-refractivity contribution < 1.29 is 9.53 Å². The van der Waals surface area contributed by atoms with Gasteiger partial charge >= 0.3 is 0 Å². The Balaban J connectivity index is 1.92. The standard InChI is InChI=1S/C23H24O2Si/c1-4-25-20-14-15-21(22(16-20)26(2)3)23(24)19-12-10-18(11-13-19)17-8-6-5-7-9-17/h5-16,26H,4H2,1-3H3. The maximum atomic E-state index is 13.1. The average molecular weight is 361 g/mol. The lowest BCUT2D eigenvalue weighted by Crippen LogP contribution is -2.29. The molecule has 0 saturated heterocycles. The van der Waals surface area contributed by atoms with Crippen LogP contribution in [-0.2, 0) is 0 Å². The average Bonchev–Trinajstić information content (AvgIpc) is 2.68. The Morgan fingerprint density at radius 3 is 2.15 bits per heavy atom. The van der Waals surface area contributed by atoms with E-state index < -0.39 is 8.80 Å². The minimum atomic E-state index is -1.16. The summed E-state index contributed by atoms with van der Waals surface area (Å²) in [7, 11) is -1.16. The summed E-state index contributed by atoms with van der Waals surface area (Å²) in [5.74, 6) is 0.934. The van der Waals surface area contributed by atoms with Gasteiger partial charge < -0.3 is 4.74 Å². The van der Waals surface area contributed by atoms with Crippen LogP contribution in [0.1, 0.15) is 22.8 Å². The Morgan fingerprint density at radius 2 is 1.54 bits per heavy atom. The molecule has 0 bridgehead atoms. The van der Waals surface area contributed by atoms with Crippen LogP contribution in [0.2, 0.25) is 13.1 Å².